The van der Waals surface area contributed by atoms with Gasteiger partial charge in [0.2, 0.25) is 10.7 Å². The maximum atomic E-state index is 13.3. The zero-order valence-electron chi connectivity index (χ0n) is 14.5. The lowest BCUT2D eigenvalue weighted by Gasteiger charge is -2.09. The molecular formula is C19H15N3O3S2. The number of nitrogens with zero attached hydrogens (tertiary/aromatic N) is 3. The third-order valence-corrected chi connectivity index (χ3v) is 5.47. The number of thiazole rings is 1. The number of fused-ring (bicyclic) bond motifs is 1. The van der Waals surface area contributed by atoms with Crippen molar-refractivity contribution in [2.24, 2.45) is 0 Å². The summed E-state index contributed by atoms with van der Waals surface area (Å²) in [7, 11) is 3.10. The molecule has 2 heterocycles. The normalized spacial score (nSPS) is 10.9. The number of hydrogen-bond acceptors (Lipinski definition) is 7. The van der Waals surface area contributed by atoms with Gasteiger partial charge in [-0.3, -0.25) is 9.20 Å². The number of methoxy groups -OCH3 is 2. The van der Waals surface area contributed by atoms with Crippen molar-refractivity contribution < 1.29 is 14.3 Å². The SMILES string of the molecule is COc1ccc(C(=O)c2sc3nnc(S)n3c2-c2ccccc2)cc1OC. The summed E-state index contributed by atoms with van der Waals surface area (Å²) in [6.45, 7) is 0. The molecule has 27 heavy (non-hydrogen) atoms. The Balaban J connectivity index is 1.90. The van der Waals surface area contributed by atoms with E-state index < -0.39 is 0 Å². The Bertz CT molecular complexity index is 1140. The fourth-order valence-electron chi connectivity index (χ4n) is 2.88. The molecule has 4 rings (SSSR count). The predicted molar refractivity (Wildman–Crippen MR) is 107 cm³/mol. The summed E-state index contributed by atoms with van der Waals surface area (Å²) >= 11 is 5.68. The molecule has 0 atom stereocenters. The average molecular weight is 397 g/mol. The van der Waals surface area contributed by atoms with Crippen LogP contribution < -0.4 is 9.47 Å². The van der Waals surface area contributed by atoms with E-state index in [2.05, 4.69) is 22.8 Å². The minimum absolute atomic E-state index is 0.127. The van der Waals surface area contributed by atoms with Crippen molar-refractivity contribution in [1.82, 2.24) is 14.6 Å². The second-order valence-corrected chi connectivity index (χ2v) is 7.04. The molecule has 0 amide bonds. The van der Waals surface area contributed by atoms with Crippen LogP contribution in [0.4, 0.5) is 0 Å². The predicted octanol–water partition coefficient (Wildman–Crippen LogP) is 3.99. The van der Waals surface area contributed by atoms with Crippen LogP contribution in [0.2, 0.25) is 0 Å². The molecule has 0 aliphatic carbocycles. The van der Waals surface area contributed by atoms with Crippen LogP contribution in [0.3, 0.4) is 0 Å². The van der Waals surface area contributed by atoms with Gasteiger partial charge in [0.25, 0.3) is 0 Å². The van der Waals surface area contributed by atoms with Crippen molar-refractivity contribution >= 4 is 34.7 Å². The maximum absolute atomic E-state index is 13.3. The van der Waals surface area contributed by atoms with E-state index >= 15 is 0 Å². The highest BCUT2D eigenvalue weighted by atomic mass is 32.1. The average Bonchev–Trinajstić information content (AvgIpc) is 3.27. The molecule has 2 aromatic carbocycles. The van der Waals surface area contributed by atoms with Gasteiger partial charge in [-0.15, -0.1) is 22.8 Å². The summed E-state index contributed by atoms with van der Waals surface area (Å²) in [5.74, 6) is 0.945. The maximum Gasteiger partial charge on any atom is 0.218 e. The first-order valence-electron chi connectivity index (χ1n) is 8.03. The Morgan fingerprint density at radius 3 is 2.48 bits per heavy atom. The zero-order chi connectivity index (χ0) is 19.0. The first-order chi connectivity index (χ1) is 13.1. The van der Waals surface area contributed by atoms with Gasteiger partial charge in [-0.25, -0.2) is 0 Å². The highest BCUT2D eigenvalue weighted by molar-refractivity contribution is 7.80. The molecule has 0 saturated carbocycles. The van der Waals surface area contributed by atoms with Crippen molar-refractivity contribution in [3.8, 4) is 22.8 Å². The van der Waals surface area contributed by atoms with Crippen molar-refractivity contribution in [2.75, 3.05) is 14.2 Å². The zero-order valence-corrected chi connectivity index (χ0v) is 16.3. The molecule has 0 unspecified atom stereocenters. The van der Waals surface area contributed by atoms with E-state index in [0.29, 0.717) is 32.1 Å². The molecule has 0 aliphatic heterocycles. The minimum Gasteiger partial charge on any atom is -0.493 e. The molecule has 0 radical (unpaired) electrons. The van der Waals surface area contributed by atoms with E-state index in [-0.39, 0.29) is 5.78 Å². The Hall–Kier alpha value is -2.84. The van der Waals surface area contributed by atoms with Gasteiger partial charge in [-0.2, -0.15) is 0 Å². The number of carbonyl (C=O) groups excluding carboxylic acids is 1. The summed E-state index contributed by atoms with van der Waals surface area (Å²) in [6, 6.07) is 14.8. The third kappa shape index (κ3) is 2.96. The molecule has 0 aliphatic rings. The van der Waals surface area contributed by atoms with Gasteiger partial charge in [0, 0.05) is 11.1 Å². The van der Waals surface area contributed by atoms with E-state index in [1.54, 1.807) is 36.8 Å². The topological polar surface area (TPSA) is 65.7 Å². The van der Waals surface area contributed by atoms with Crippen LogP contribution in [0.1, 0.15) is 15.2 Å². The van der Waals surface area contributed by atoms with Crippen LogP contribution >= 0.6 is 24.0 Å². The van der Waals surface area contributed by atoms with E-state index in [4.69, 9.17) is 9.47 Å². The molecule has 0 bridgehead atoms. The smallest absolute Gasteiger partial charge is 0.218 e. The molecule has 4 aromatic rings. The van der Waals surface area contributed by atoms with Gasteiger partial charge in [-0.1, -0.05) is 41.7 Å². The molecule has 6 nitrogen and oxygen atoms in total. The largest absolute Gasteiger partial charge is 0.493 e. The highest BCUT2D eigenvalue weighted by Crippen LogP contribution is 2.36. The number of carbonyl (C=O) groups is 1. The molecule has 0 fully saturated rings. The quantitative estimate of drug-likeness (QED) is 0.407. The number of rotatable bonds is 5. The van der Waals surface area contributed by atoms with Gasteiger partial charge in [0.15, 0.2) is 16.7 Å². The Morgan fingerprint density at radius 1 is 1.04 bits per heavy atom. The third-order valence-electron chi connectivity index (χ3n) is 4.15. The number of thiol groups is 1. The highest BCUT2D eigenvalue weighted by Gasteiger charge is 2.24. The molecule has 8 heteroatoms. The number of ketones is 1. The van der Waals surface area contributed by atoms with Crippen molar-refractivity contribution in [2.45, 2.75) is 5.16 Å². The van der Waals surface area contributed by atoms with E-state index in [1.165, 1.54) is 11.3 Å². The lowest BCUT2D eigenvalue weighted by Crippen LogP contribution is -2.03. The lowest BCUT2D eigenvalue weighted by molar-refractivity contribution is 0.104. The second-order valence-electron chi connectivity index (χ2n) is 5.66. The van der Waals surface area contributed by atoms with Crippen molar-refractivity contribution in [3.63, 3.8) is 0 Å². The van der Waals surface area contributed by atoms with Gasteiger partial charge < -0.3 is 9.47 Å². The van der Waals surface area contributed by atoms with Crippen molar-refractivity contribution in [3.05, 3.63) is 59.0 Å². The second kappa shape index (κ2) is 7.05. The van der Waals surface area contributed by atoms with Crippen LogP contribution in [-0.4, -0.2) is 34.6 Å². The van der Waals surface area contributed by atoms with Crippen LogP contribution in [-0.2, 0) is 0 Å². The molecule has 0 spiro atoms. The number of hydrogen-bond donors (Lipinski definition) is 1. The monoisotopic (exact) mass is 397 g/mol. The molecule has 0 N–H and O–H groups in total. The van der Waals surface area contributed by atoms with Crippen LogP contribution in [0.25, 0.3) is 16.2 Å². The van der Waals surface area contributed by atoms with E-state index in [1.807, 2.05) is 30.3 Å². The van der Waals surface area contributed by atoms with Gasteiger partial charge in [0.05, 0.1) is 19.9 Å². The summed E-state index contributed by atoms with van der Waals surface area (Å²) in [5.41, 5.74) is 2.12. The van der Waals surface area contributed by atoms with Gasteiger partial charge >= 0.3 is 0 Å². The number of ether oxygens (including phenoxy) is 2. The first-order valence-corrected chi connectivity index (χ1v) is 9.29. The van der Waals surface area contributed by atoms with E-state index in [0.717, 1.165) is 11.3 Å². The summed E-state index contributed by atoms with van der Waals surface area (Å²) < 4.78 is 12.4. The molecule has 2 aromatic heterocycles. The summed E-state index contributed by atoms with van der Waals surface area (Å²) in [6.07, 6.45) is 0. The van der Waals surface area contributed by atoms with E-state index in [9.17, 15) is 4.79 Å². The minimum atomic E-state index is -0.127. The van der Waals surface area contributed by atoms with Gasteiger partial charge in [-0.05, 0) is 18.2 Å². The molecule has 136 valence electrons. The molecule has 0 saturated heterocycles. The number of aromatic nitrogens is 3. The Morgan fingerprint density at radius 2 is 1.78 bits per heavy atom. The van der Waals surface area contributed by atoms with Crippen molar-refractivity contribution in [1.29, 1.82) is 0 Å². The Labute approximate surface area is 164 Å². The fourth-order valence-corrected chi connectivity index (χ4v) is 4.24. The number of benzene rings is 2. The lowest BCUT2D eigenvalue weighted by atomic mass is 10.0. The van der Waals surface area contributed by atoms with Crippen LogP contribution in [0.5, 0.6) is 11.5 Å². The fraction of sp³-hybridized carbons (Fsp3) is 0.105. The summed E-state index contributed by atoms with van der Waals surface area (Å²) in [5, 5.41) is 8.56. The van der Waals surface area contributed by atoms with Crippen LogP contribution in [0.15, 0.2) is 53.7 Å². The Kier molecular flexibility index (Phi) is 4.59. The van der Waals surface area contributed by atoms with Crippen LogP contribution in [0, 0.1) is 0 Å². The molecular weight excluding hydrogens is 382 g/mol. The summed E-state index contributed by atoms with van der Waals surface area (Å²) in [4.78, 5) is 14.5. The first kappa shape index (κ1) is 17.6. The van der Waals surface area contributed by atoms with Gasteiger partial charge in [0.1, 0.15) is 4.88 Å². The standard InChI is InChI=1S/C19H15N3O3S2/c1-24-13-9-8-12(10-14(13)25-2)16(23)17-15(11-6-4-3-5-7-11)22-18(26)20-21-19(22)27-17/h3-10H,1-2H3,(H,20,26).